The van der Waals surface area contributed by atoms with E-state index in [1.165, 1.54) is 13.3 Å². The van der Waals surface area contributed by atoms with Crippen molar-refractivity contribution >= 4 is 10.1 Å². The molecule has 0 aromatic rings. The smallest absolute Gasteiger partial charge is 0.283 e. The first kappa shape index (κ1) is 12.9. The van der Waals surface area contributed by atoms with Gasteiger partial charge in [-0.2, -0.15) is 8.42 Å². The fraction of sp³-hybridized carbons (Fsp3) is 1.00. The van der Waals surface area contributed by atoms with Crippen LogP contribution < -0.4 is 5.32 Å². The van der Waals surface area contributed by atoms with E-state index >= 15 is 0 Å². The van der Waals surface area contributed by atoms with E-state index in [9.17, 15) is 13.5 Å². The van der Waals surface area contributed by atoms with Gasteiger partial charge in [0.05, 0.1) is 6.10 Å². The standard InChI is InChI=1S/C9H19NO4S/c1-7(11)9(15(12,13)14)10-8-5-3-2-4-6-8/h7-11H,2-6H2,1H3,(H,12,13,14). The number of aliphatic hydroxyl groups is 1. The summed E-state index contributed by atoms with van der Waals surface area (Å²) in [4.78, 5) is 0. The molecule has 0 spiro atoms. The van der Waals surface area contributed by atoms with Crippen LogP contribution in [0.1, 0.15) is 39.0 Å². The molecule has 1 rings (SSSR count). The summed E-state index contributed by atoms with van der Waals surface area (Å²) in [6, 6.07) is 0.0836. The van der Waals surface area contributed by atoms with E-state index in [1.54, 1.807) is 0 Å². The molecule has 0 aliphatic heterocycles. The van der Waals surface area contributed by atoms with Crippen molar-refractivity contribution < 1.29 is 18.1 Å². The quantitative estimate of drug-likeness (QED) is 0.620. The van der Waals surface area contributed by atoms with Gasteiger partial charge in [-0.05, 0) is 19.8 Å². The van der Waals surface area contributed by atoms with Gasteiger partial charge in [0.2, 0.25) is 0 Å². The van der Waals surface area contributed by atoms with E-state index in [-0.39, 0.29) is 6.04 Å². The highest BCUT2D eigenvalue weighted by atomic mass is 32.2. The van der Waals surface area contributed by atoms with Crippen molar-refractivity contribution in [2.45, 2.75) is 56.5 Å². The predicted molar refractivity (Wildman–Crippen MR) is 57.0 cm³/mol. The monoisotopic (exact) mass is 237 g/mol. The van der Waals surface area contributed by atoms with Crippen LogP contribution in [0, 0.1) is 0 Å². The second kappa shape index (κ2) is 5.25. The van der Waals surface area contributed by atoms with Gasteiger partial charge in [-0.25, -0.2) is 0 Å². The Labute approximate surface area is 90.6 Å². The van der Waals surface area contributed by atoms with Crippen LogP contribution in [-0.4, -0.2) is 35.6 Å². The molecule has 0 amide bonds. The Morgan fingerprint density at radius 3 is 2.20 bits per heavy atom. The normalized spacial score (nSPS) is 23.7. The van der Waals surface area contributed by atoms with Crippen LogP contribution in [0.2, 0.25) is 0 Å². The Morgan fingerprint density at radius 1 is 1.27 bits per heavy atom. The molecule has 15 heavy (non-hydrogen) atoms. The van der Waals surface area contributed by atoms with E-state index < -0.39 is 21.6 Å². The molecule has 1 fully saturated rings. The Kier molecular flexibility index (Phi) is 4.51. The first-order valence-corrected chi connectivity index (χ1v) is 6.82. The average Bonchev–Trinajstić information content (AvgIpc) is 2.13. The van der Waals surface area contributed by atoms with Gasteiger partial charge in [-0.1, -0.05) is 19.3 Å². The van der Waals surface area contributed by atoms with Gasteiger partial charge >= 0.3 is 0 Å². The maximum Gasteiger partial charge on any atom is 0.283 e. The number of hydrogen-bond acceptors (Lipinski definition) is 4. The van der Waals surface area contributed by atoms with E-state index in [0.29, 0.717) is 0 Å². The summed E-state index contributed by atoms with van der Waals surface area (Å²) < 4.78 is 30.9. The highest BCUT2D eigenvalue weighted by molar-refractivity contribution is 7.86. The number of nitrogens with one attached hydrogen (secondary N) is 1. The van der Waals surface area contributed by atoms with Crippen LogP contribution in [0.5, 0.6) is 0 Å². The van der Waals surface area contributed by atoms with Gasteiger partial charge in [-0.15, -0.1) is 0 Å². The lowest BCUT2D eigenvalue weighted by Crippen LogP contribution is -2.49. The first-order valence-electron chi connectivity index (χ1n) is 5.31. The van der Waals surface area contributed by atoms with E-state index in [1.807, 2.05) is 0 Å². The second-order valence-corrected chi connectivity index (χ2v) is 5.72. The number of hydrogen-bond donors (Lipinski definition) is 3. The molecular weight excluding hydrogens is 218 g/mol. The molecule has 2 atom stereocenters. The van der Waals surface area contributed by atoms with E-state index in [2.05, 4.69) is 5.32 Å². The van der Waals surface area contributed by atoms with Crippen LogP contribution in [-0.2, 0) is 10.1 Å². The summed E-state index contributed by atoms with van der Waals surface area (Å²) in [6.45, 7) is 1.36. The molecule has 90 valence electrons. The Balaban J connectivity index is 2.58. The minimum atomic E-state index is -4.22. The van der Waals surface area contributed by atoms with Crippen LogP contribution in [0.4, 0.5) is 0 Å². The van der Waals surface area contributed by atoms with Crippen molar-refractivity contribution in [2.24, 2.45) is 0 Å². The summed E-state index contributed by atoms with van der Waals surface area (Å²) in [6.07, 6.45) is 3.99. The third kappa shape index (κ3) is 4.06. The highest BCUT2D eigenvalue weighted by Crippen LogP contribution is 2.19. The predicted octanol–water partition coefficient (Wildman–Crippen LogP) is 0.503. The lowest BCUT2D eigenvalue weighted by molar-refractivity contribution is 0.159. The number of rotatable bonds is 4. The van der Waals surface area contributed by atoms with E-state index in [4.69, 9.17) is 4.55 Å². The van der Waals surface area contributed by atoms with Crippen LogP contribution >= 0.6 is 0 Å². The van der Waals surface area contributed by atoms with Gasteiger partial charge in [-0.3, -0.25) is 9.87 Å². The van der Waals surface area contributed by atoms with Gasteiger partial charge in [0.15, 0.2) is 5.37 Å². The molecule has 2 unspecified atom stereocenters. The molecular formula is C9H19NO4S. The topological polar surface area (TPSA) is 86.6 Å². The zero-order valence-electron chi connectivity index (χ0n) is 8.89. The van der Waals surface area contributed by atoms with Crippen molar-refractivity contribution in [2.75, 3.05) is 0 Å². The molecule has 1 aliphatic carbocycles. The molecule has 1 aliphatic rings. The first-order chi connectivity index (χ1) is 6.91. The zero-order chi connectivity index (χ0) is 11.5. The molecule has 6 heteroatoms. The van der Waals surface area contributed by atoms with Crippen molar-refractivity contribution in [3.05, 3.63) is 0 Å². The summed E-state index contributed by atoms with van der Waals surface area (Å²) in [7, 11) is -4.22. The summed E-state index contributed by atoms with van der Waals surface area (Å²) in [5.74, 6) is 0. The number of aliphatic hydroxyl groups excluding tert-OH is 1. The van der Waals surface area contributed by atoms with Crippen molar-refractivity contribution in [1.29, 1.82) is 0 Å². The van der Waals surface area contributed by atoms with Gasteiger partial charge in [0.1, 0.15) is 0 Å². The Hall–Kier alpha value is -0.170. The molecule has 1 saturated carbocycles. The third-order valence-corrected chi connectivity index (χ3v) is 3.94. The highest BCUT2D eigenvalue weighted by Gasteiger charge is 2.30. The minimum absolute atomic E-state index is 0.0836. The molecule has 0 heterocycles. The third-order valence-electron chi connectivity index (χ3n) is 2.76. The van der Waals surface area contributed by atoms with Crippen molar-refractivity contribution in [1.82, 2.24) is 5.32 Å². The lowest BCUT2D eigenvalue weighted by Gasteiger charge is -2.28. The zero-order valence-corrected chi connectivity index (χ0v) is 9.70. The molecule has 0 saturated heterocycles. The average molecular weight is 237 g/mol. The molecule has 0 radical (unpaired) electrons. The second-order valence-electron chi connectivity index (χ2n) is 4.18. The van der Waals surface area contributed by atoms with Crippen LogP contribution in [0.25, 0.3) is 0 Å². The summed E-state index contributed by atoms with van der Waals surface area (Å²) in [5.41, 5.74) is 0. The lowest BCUT2D eigenvalue weighted by atomic mass is 9.95. The molecule has 0 aromatic heterocycles. The van der Waals surface area contributed by atoms with Gasteiger partial charge in [0.25, 0.3) is 10.1 Å². The van der Waals surface area contributed by atoms with E-state index in [0.717, 1.165) is 25.7 Å². The molecule has 0 bridgehead atoms. The largest absolute Gasteiger partial charge is 0.391 e. The fourth-order valence-electron chi connectivity index (χ4n) is 1.98. The molecule has 3 N–H and O–H groups in total. The Bertz CT molecular complexity index is 282. The maximum absolute atomic E-state index is 11.0. The van der Waals surface area contributed by atoms with Crippen molar-refractivity contribution in [3.8, 4) is 0 Å². The summed E-state index contributed by atoms with van der Waals surface area (Å²) in [5, 5.41) is 10.8. The SMILES string of the molecule is CC(O)C(NC1CCCCC1)S(=O)(=O)O. The fourth-order valence-corrected chi connectivity index (χ4v) is 2.84. The van der Waals surface area contributed by atoms with Crippen LogP contribution in [0.15, 0.2) is 0 Å². The minimum Gasteiger partial charge on any atom is -0.391 e. The molecule has 5 nitrogen and oxygen atoms in total. The Morgan fingerprint density at radius 2 is 1.80 bits per heavy atom. The molecule has 0 aromatic carbocycles. The van der Waals surface area contributed by atoms with Crippen LogP contribution in [0.3, 0.4) is 0 Å². The van der Waals surface area contributed by atoms with Gasteiger partial charge < -0.3 is 5.11 Å². The van der Waals surface area contributed by atoms with Crippen molar-refractivity contribution in [3.63, 3.8) is 0 Å². The maximum atomic E-state index is 11.0. The summed E-state index contributed by atoms with van der Waals surface area (Å²) >= 11 is 0. The van der Waals surface area contributed by atoms with Gasteiger partial charge in [0, 0.05) is 6.04 Å².